The van der Waals surface area contributed by atoms with Crippen molar-refractivity contribution in [1.82, 2.24) is 5.06 Å². The predicted molar refractivity (Wildman–Crippen MR) is 31.6 cm³/mol. The number of carbonyl (C=O) groups is 1. The number of carboxylic acids is 1. The highest BCUT2D eigenvalue weighted by atomic mass is 19.3. The third-order valence-corrected chi connectivity index (χ3v) is 1.06. The minimum Gasteiger partial charge on any atom is -0.477 e. The molecule has 0 amide bonds. The first-order chi connectivity index (χ1) is 4.90. The molecule has 0 aliphatic carbocycles. The molecule has 0 aliphatic rings. The Balaban J connectivity index is 4.01. The standard InChI is InChI=1S/C5H9F2NO3/c1-2-8(11)3-5(6,7)4(9)10/h11H,2-3H2,1H3,(H,9,10). The smallest absolute Gasteiger partial charge is 0.376 e. The van der Waals surface area contributed by atoms with Crippen LogP contribution in [-0.2, 0) is 4.79 Å². The van der Waals surface area contributed by atoms with E-state index in [0.29, 0.717) is 0 Å². The summed E-state index contributed by atoms with van der Waals surface area (Å²) in [5, 5.41) is 16.7. The summed E-state index contributed by atoms with van der Waals surface area (Å²) in [6.07, 6.45) is 0. The van der Waals surface area contributed by atoms with E-state index in [0.717, 1.165) is 0 Å². The van der Waals surface area contributed by atoms with Crippen molar-refractivity contribution >= 4 is 5.97 Å². The molecule has 0 heterocycles. The van der Waals surface area contributed by atoms with Gasteiger partial charge in [0.2, 0.25) is 0 Å². The Kier molecular flexibility index (Phi) is 3.34. The summed E-state index contributed by atoms with van der Waals surface area (Å²) in [6, 6.07) is 0. The number of hydrogen-bond donors (Lipinski definition) is 2. The maximum atomic E-state index is 12.2. The van der Waals surface area contributed by atoms with Crippen LogP contribution < -0.4 is 0 Å². The average Bonchev–Trinajstić information content (AvgIpc) is 1.86. The Morgan fingerprint density at radius 2 is 2.09 bits per heavy atom. The molecule has 0 aliphatic heterocycles. The largest absolute Gasteiger partial charge is 0.477 e. The Bertz CT molecular complexity index is 151. The molecule has 66 valence electrons. The molecule has 0 aromatic rings. The van der Waals surface area contributed by atoms with Gasteiger partial charge in [0.25, 0.3) is 0 Å². The van der Waals surface area contributed by atoms with E-state index in [1.165, 1.54) is 6.92 Å². The third-order valence-electron chi connectivity index (χ3n) is 1.06. The molecule has 0 atom stereocenters. The van der Waals surface area contributed by atoms with Gasteiger partial charge >= 0.3 is 11.9 Å². The van der Waals surface area contributed by atoms with E-state index in [9.17, 15) is 13.6 Å². The van der Waals surface area contributed by atoms with E-state index in [1.807, 2.05) is 0 Å². The van der Waals surface area contributed by atoms with Gasteiger partial charge in [-0.2, -0.15) is 13.8 Å². The summed E-state index contributed by atoms with van der Waals surface area (Å²) in [6.45, 7) is 0.208. The van der Waals surface area contributed by atoms with Gasteiger partial charge in [-0.05, 0) is 0 Å². The number of alkyl halides is 2. The van der Waals surface area contributed by atoms with E-state index >= 15 is 0 Å². The van der Waals surface area contributed by atoms with Crippen LogP contribution in [0.25, 0.3) is 0 Å². The first-order valence-electron chi connectivity index (χ1n) is 2.95. The SMILES string of the molecule is CCN(O)CC(F)(F)C(=O)O. The molecule has 0 fully saturated rings. The van der Waals surface area contributed by atoms with Crippen LogP contribution >= 0.6 is 0 Å². The Hall–Kier alpha value is -0.750. The first-order valence-corrected chi connectivity index (χ1v) is 2.95. The van der Waals surface area contributed by atoms with Gasteiger partial charge in [-0.15, -0.1) is 0 Å². The molecule has 0 rings (SSSR count). The Labute approximate surface area is 62.0 Å². The van der Waals surface area contributed by atoms with Gasteiger partial charge in [0.05, 0.1) is 6.54 Å². The molecule has 0 saturated heterocycles. The van der Waals surface area contributed by atoms with E-state index in [1.54, 1.807) is 0 Å². The van der Waals surface area contributed by atoms with Crippen molar-refractivity contribution in [1.29, 1.82) is 0 Å². The molecule has 11 heavy (non-hydrogen) atoms. The topological polar surface area (TPSA) is 60.8 Å². The zero-order chi connectivity index (χ0) is 9.07. The lowest BCUT2D eigenvalue weighted by atomic mass is 10.3. The third kappa shape index (κ3) is 3.24. The van der Waals surface area contributed by atoms with Gasteiger partial charge in [0.15, 0.2) is 0 Å². The molecule has 0 unspecified atom stereocenters. The number of nitrogens with zero attached hydrogens (tertiary/aromatic N) is 1. The average molecular weight is 169 g/mol. The molecular formula is C5H9F2NO3. The first kappa shape index (κ1) is 10.2. The number of hydrogen-bond acceptors (Lipinski definition) is 3. The van der Waals surface area contributed by atoms with Gasteiger partial charge in [0, 0.05) is 6.54 Å². The molecular weight excluding hydrogens is 160 g/mol. The van der Waals surface area contributed by atoms with Crippen LogP contribution in [0, 0.1) is 0 Å². The second kappa shape index (κ2) is 3.59. The lowest BCUT2D eigenvalue weighted by Crippen LogP contribution is -2.40. The summed E-state index contributed by atoms with van der Waals surface area (Å²) in [4.78, 5) is 9.78. The van der Waals surface area contributed by atoms with Gasteiger partial charge < -0.3 is 10.3 Å². The van der Waals surface area contributed by atoms with Gasteiger partial charge in [0.1, 0.15) is 0 Å². The molecule has 4 nitrogen and oxygen atoms in total. The number of carboxylic acid groups (broad SMARTS) is 1. The normalized spacial score (nSPS) is 12.1. The van der Waals surface area contributed by atoms with Crippen LogP contribution in [-0.4, -0.2) is 40.4 Å². The quantitative estimate of drug-likeness (QED) is 0.598. The highest BCUT2D eigenvalue weighted by molar-refractivity contribution is 5.75. The summed E-state index contributed by atoms with van der Waals surface area (Å²) in [5.74, 6) is -6.12. The van der Waals surface area contributed by atoms with Crippen molar-refractivity contribution < 1.29 is 23.9 Å². The second-order valence-corrected chi connectivity index (χ2v) is 1.99. The zero-order valence-corrected chi connectivity index (χ0v) is 5.92. The van der Waals surface area contributed by atoms with Gasteiger partial charge in [-0.1, -0.05) is 6.92 Å². The van der Waals surface area contributed by atoms with E-state index in [2.05, 4.69) is 0 Å². The lowest BCUT2D eigenvalue weighted by molar-refractivity contribution is -0.186. The molecule has 6 heteroatoms. The maximum absolute atomic E-state index is 12.2. The van der Waals surface area contributed by atoms with Crippen LogP contribution in [0.2, 0.25) is 0 Å². The van der Waals surface area contributed by atoms with Crippen LogP contribution in [0.5, 0.6) is 0 Å². The van der Waals surface area contributed by atoms with Crippen molar-refractivity contribution in [2.24, 2.45) is 0 Å². The molecule has 0 radical (unpaired) electrons. The van der Waals surface area contributed by atoms with Crippen molar-refractivity contribution in [2.45, 2.75) is 12.8 Å². The van der Waals surface area contributed by atoms with Crippen LogP contribution in [0.15, 0.2) is 0 Å². The van der Waals surface area contributed by atoms with E-state index in [-0.39, 0.29) is 11.6 Å². The summed E-state index contributed by atoms with van der Waals surface area (Å²) < 4.78 is 24.4. The van der Waals surface area contributed by atoms with E-state index in [4.69, 9.17) is 10.3 Å². The minimum atomic E-state index is -3.88. The number of hydroxylamine groups is 2. The minimum absolute atomic E-state index is 0.0388. The van der Waals surface area contributed by atoms with Crippen LogP contribution in [0.3, 0.4) is 0 Å². The van der Waals surface area contributed by atoms with Gasteiger partial charge in [-0.25, -0.2) is 4.79 Å². The highest BCUT2D eigenvalue weighted by Crippen LogP contribution is 2.13. The monoisotopic (exact) mass is 169 g/mol. The summed E-state index contributed by atoms with van der Waals surface area (Å²) >= 11 is 0. The fraction of sp³-hybridized carbons (Fsp3) is 0.800. The molecule has 0 spiro atoms. The summed E-state index contributed by atoms with van der Waals surface area (Å²) in [5.41, 5.74) is 0. The fourth-order valence-corrected chi connectivity index (χ4v) is 0.409. The Morgan fingerprint density at radius 3 is 2.36 bits per heavy atom. The molecule has 0 saturated carbocycles. The lowest BCUT2D eigenvalue weighted by Gasteiger charge is -2.16. The van der Waals surface area contributed by atoms with Crippen LogP contribution in [0.1, 0.15) is 6.92 Å². The van der Waals surface area contributed by atoms with Crippen LogP contribution in [0.4, 0.5) is 8.78 Å². The Morgan fingerprint density at radius 1 is 1.64 bits per heavy atom. The number of rotatable bonds is 4. The van der Waals surface area contributed by atoms with E-state index < -0.39 is 18.4 Å². The summed E-state index contributed by atoms with van der Waals surface area (Å²) in [7, 11) is 0. The van der Waals surface area contributed by atoms with Crippen molar-refractivity contribution in [3.05, 3.63) is 0 Å². The molecule has 0 aromatic heterocycles. The molecule has 0 aromatic carbocycles. The van der Waals surface area contributed by atoms with Gasteiger partial charge in [-0.3, -0.25) is 0 Å². The zero-order valence-electron chi connectivity index (χ0n) is 5.92. The second-order valence-electron chi connectivity index (χ2n) is 1.99. The fourth-order valence-electron chi connectivity index (χ4n) is 0.409. The molecule has 0 bridgehead atoms. The highest BCUT2D eigenvalue weighted by Gasteiger charge is 2.40. The number of aliphatic carboxylic acids is 1. The van der Waals surface area contributed by atoms with Crippen molar-refractivity contribution in [2.75, 3.05) is 13.1 Å². The number of halogens is 2. The maximum Gasteiger partial charge on any atom is 0.376 e. The van der Waals surface area contributed by atoms with Crippen molar-refractivity contribution in [3.63, 3.8) is 0 Å². The molecule has 2 N–H and O–H groups in total. The predicted octanol–water partition coefficient (Wildman–Crippen LogP) is 0.417. The van der Waals surface area contributed by atoms with Crippen molar-refractivity contribution in [3.8, 4) is 0 Å².